The summed E-state index contributed by atoms with van der Waals surface area (Å²) in [5.74, 6) is 1.47. The molecule has 0 N–H and O–H groups in total. The summed E-state index contributed by atoms with van der Waals surface area (Å²) in [5.41, 5.74) is 1.19. The Hall–Kier alpha value is -0.980. The molecule has 0 aliphatic carbocycles. The molecule has 80 valence electrons. The van der Waals surface area contributed by atoms with Crippen molar-refractivity contribution in [2.75, 3.05) is 6.61 Å². The van der Waals surface area contributed by atoms with Crippen LogP contribution < -0.4 is 0 Å². The van der Waals surface area contributed by atoms with Crippen molar-refractivity contribution in [3.05, 3.63) is 36.6 Å². The summed E-state index contributed by atoms with van der Waals surface area (Å²) in [5, 5.41) is 0. The highest BCUT2D eigenvalue weighted by Crippen LogP contribution is 2.25. The Morgan fingerprint density at radius 1 is 1.36 bits per heavy atom. The smallest absolute Gasteiger partial charge is 0.122 e. The summed E-state index contributed by atoms with van der Waals surface area (Å²) >= 11 is 0. The molecule has 1 atom stereocenters. The first-order valence-electron chi connectivity index (χ1n) is 5.33. The predicted octanol–water partition coefficient (Wildman–Crippen LogP) is 4.09. The van der Waals surface area contributed by atoms with E-state index >= 15 is 0 Å². The lowest BCUT2D eigenvalue weighted by Gasteiger charge is -2.22. The number of hydrogen-bond acceptors (Lipinski definition) is 1. The number of ether oxygens (including phenoxy) is 1. The second-order valence-electron chi connectivity index (χ2n) is 3.47. The third kappa shape index (κ3) is 3.82. The third-order valence-corrected chi connectivity index (χ3v) is 2.03. The van der Waals surface area contributed by atoms with Gasteiger partial charge in [0.2, 0.25) is 0 Å². The molecule has 1 heteroatoms. The average molecular weight is 194 g/mol. The van der Waals surface area contributed by atoms with Crippen molar-refractivity contribution in [3.8, 4) is 0 Å². The maximum atomic E-state index is 5.39. The van der Waals surface area contributed by atoms with Gasteiger partial charge in [-0.1, -0.05) is 46.4 Å². The standard InChI is InChI=1S/C10H14O.C3H8/c1-4-9-8(3)6-7-11-10(9)5-2;1-3-2/h4-5,8H,1-2,6-7H2,3H3;3H2,1-2H3. The fourth-order valence-electron chi connectivity index (χ4n) is 1.31. The van der Waals surface area contributed by atoms with Gasteiger partial charge < -0.3 is 4.74 Å². The molecule has 0 saturated heterocycles. The summed E-state index contributed by atoms with van der Waals surface area (Å²) in [6, 6.07) is 0. The van der Waals surface area contributed by atoms with Crippen LogP contribution in [-0.2, 0) is 4.74 Å². The summed E-state index contributed by atoms with van der Waals surface area (Å²) in [6.07, 6.45) is 5.95. The number of hydrogen-bond donors (Lipinski definition) is 0. The van der Waals surface area contributed by atoms with Crippen molar-refractivity contribution in [3.63, 3.8) is 0 Å². The van der Waals surface area contributed by atoms with Gasteiger partial charge in [0, 0.05) is 0 Å². The lowest BCUT2D eigenvalue weighted by atomic mass is 9.95. The second kappa shape index (κ2) is 7.43. The van der Waals surface area contributed by atoms with Crippen LogP contribution in [0, 0.1) is 5.92 Å². The molecule has 1 rings (SSSR count). The summed E-state index contributed by atoms with van der Waals surface area (Å²) in [7, 11) is 0. The first kappa shape index (κ1) is 13.0. The minimum Gasteiger partial charge on any atom is -0.493 e. The predicted molar refractivity (Wildman–Crippen MR) is 63.1 cm³/mol. The first-order valence-corrected chi connectivity index (χ1v) is 5.33. The van der Waals surface area contributed by atoms with Crippen molar-refractivity contribution in [2.45, 2.75) is 33.6 Å². The van der Waals surface area contributed by atoms with Gasteiger partial charge in [-0.15, -0.1) is 0 Å². The van der Waals surface area contributed by atoms with E-state index in [1.807, 2.05) is 6.08 Å². The lowest BCUT2D eigenvalue weighted by Crippen LogP contribution is -2.12. The molecular formula is C13H22O. The molecule has 1 unspecified atom stereocenters. The maximum absolute atomic E-state index is 5.39. The van der Waals surface area contributed by atoms with Crippen molar-refractivity contribution in [1.29, 1.82) is 0 Å². The molecule has 0 saturated carbocycles. The highest BCUT2D eigenvalue weighted by Gasteiger charge is 2.15. The number of allylic oxidation sites excluding steroid dienone is 3. The van der Waals surface area contributed by atoms with E-state index in [0.717, 1.165) is 18.8 Å². The Bertz CT molecular complexity index is 213. The fourth-order valence-corrected chi connectivity index (χ4v) is 1.31. The molecule has 1 heterocycles. The van der Waals surface area contributed by atoms with Crippen LogP contribution in [0.5, 0.6) is 0 Å². The number of rotatable bonds is 2. The van der Waals surface area contributed by atoms with Crippen LogP contribution in [0.2, 0.25) is 0 Å². The Labute approximate surface area is 88.2 Å². The summed E-state index contributed by atoms with van der Waals surface area (Å²) < 4.78 is 5.39. The van der Waals surface area contributed by atoms with E-state index in [9.17, 15) is 0 Å². The van der Waals surface area contributed by atoms with Gasteiger partial charge >= 0.3 is 0 Å². The van der Waals surface area contributed by atoms with E-state index in [1.54, 1.807) is 6.08 Å². The maximum Gasteiger partial charge on any atom is 0.122 e. The van der Waals surface area contributed by atoms with Gasteiger partial charge in [0.25, 0.3) is 0 Å². The van der Waals surface area contributed by atoms with Crippen LogP contribution in [0.1, 0.15) is 33.6 Å². The van der Waals surface area contributed by atoms with Crippen LogP contribution >= 0.6 is 0 Å². The van der Waals surface area contributed by atoms with Gasteiger partial charge in [0.15, 0.2) is 0 Å². The Morgan fingerprint density at radius 2 is 1.93 bits per heavy atom. The minimum atomic E-state index is 0.564. The van der Waals surface area contributed by atoms with E-state index in [0.29, 0.717) is 5.92 Å². The van der Waals surface area contributed by atoms with Crippen LogP contribution in [-0.4, -0.2) is 6.61 Å². The minimum absolute atomic E-state index is 0.564. The molecule has 0 aromatic carbocycles. The van der Waals surface area contributed by atoms with Gasteiger partial charge in [-0.3, -0.25) is 0 Å². The normalized spacial score (nSPS) is 20.4. The van der Waals surface area contributed by atoms with Gasteiger partial charge in [-0.2, -0.15) is 0 Å². The van der Waals surface area contributed by atoms with E-state index in [1.165, 1.54) is 12.0 Å². The van der Waals surface area contributed by atoms with Crippen molar-refractivity contribution in [1.82, 2.24) is 0 Å². The van der Waals surface area contributed by atoms with E-state index in [2.05, 4.69) is 33.9 Å². The van der Waals surface area contributed by atoms with Gasteiger partial charge in [0.05, 0.1) is 6.61 Å². The summed E-state index contributed by atoms with van der Waals surface area (Å²) in [6.45, 7) is 14.7. The van der Waals surface area contributed by atoms with Gasteiger partial charge in [-0.05, 0) is 24.0 Å². The largest absolute Gasteiger partial charge is 0.493 e. The summed E-state index contributed by atoms with van der Waals surface area (Å²) in [4.78, 5) is 0. The molecular weight excluding hydrogens is 172 g/mol. The third-order valence-electron chi connectivity index (χ3n) is 2.03. The Balaban J connectivity index is 0.000000500. The second-order valence-corrected chi connectivity index (χ2v) is 3.47. The topological polar surface area (TPSA) is 9.23 Å². The van der Waals surface area contributed by atoms with Crippen LogP contribution in [0.25, 0.3) is 0 Å². The zero-order valence-electron chi connectivity index (χ0n) is 9.68. The highest BCUT2D eigenvalue weighted by atomic mass is 16.5. The molecule has 0 aromatic rings. The zero-order valence-corrected chi connectivity index (χ0v) is 9.68. The molecule has 0 aromatic heterocycles. The van der Waals surface area contributed by atoms with E-state index in [4.69, 9.17) is 4.74 Å². The molecule has 0 fully saturated rings. The highest BCUT2D eigenvalue weighted by molar-refractivity contribution is 5.30. The van der Waals surface area contributed by atoms with E-state index < -0.39 is 0 Å². The SMILES string of the molecule is C=CC1=C(C=C)C(C)CCO1.CCC. The average Bonchev–Trinajstić information content (AvgIpc) is 2.18. The molecule has 0 radical (unpaired) electrons. The molecule has 1 aliphatic heterocycles. The molecule has 0 bridgehead atoms. The van der Waals surface area contributed by atoms with Crippen molar-refractivity contribution >= 4 is 0 Å². The van der Waals surface area contributed by atoms with Crippen LogP contribution in [0.4, 0.5) is 0 Å². The molecule has 1 nitrogen and oxygen atoms in total. The monoisotopic (exact) mass is 194 g/mol. The Morgan fingerprint density at radius 3 is 2.29 bits per heavy atom. The lowest BCUT2D eigenvalue weighted by molar-refractivity contribution is 0.183. The van der Waals surface area contributed by atoms with E-state index in [-0.39, 0.29) is 0 Å². The first-order chi connectivity index (χ1) is 6.71. The molecule has 1 aliphatic rings. The molecule has 14 heavy (non-hydrogen) atoms. The van der Waals surface area contributed by atoms with Crippen LogP contribution in [0.3, 0.4) is 0 Å². The zero-order chi connectivity index (χ0) is 11.0. The Kier molecular flexibility index (Phi) is 6.91. The molecule has 0 spiro atoms. The fraction of sp³-hybridized carbons (Fsp3) is 0.538. The quantitative estimate of drug-likeness (QED) is 0.643. The molecule has 0 amide bonds. The van der Waals surface area contributed by atoms with Gasteiger partial charge in [0.1, 0.15) is 5.76 Å². The van der Waals surface area contributed by atoms with Crippen molar-refractivity contribution in [2.24, 2.45) is 5.92 Å². The van der Waals surface area contributed by atoms with Crippen molar-refractivity contribution < 1.29 is 4.74 Å². The van der Waals surface area contributed by atoms with Crippen LogP contribution in [0.15, 0.2) is 36.6 Å². The van der Waals surface area contributed by atoms with Gasteiger partial charge in [-0.25, -0.2) is 0 Å².